The van der Waals surface area contributed by atoms with Gasteiger partial charge in [0.1, 0.15) is 5.75 Å². The van der Waals surface area contributed by atoms with Gasteiger partial charge in [-0.3, -0.25) is 0 Å². The highest BCUT2D eigenvalue weighted by Gasteiger charge is 2.20. The lowest BCUT2D eigenvalue weighted by atomic mass is 9.87. The van der Waals surface area contributed by atoms with Crippen LogP contribution in [0, 0.1) is 5.92 Å². The molecule has 0 atom stereocenters. The van der Waals surface area contributed by atoms with Crippen molar-refractivity contribution in [3.8, 4) is 5.75 Å². The third-order valence-corrected chi connectivity index (χ3v) is 3.63. The first-order valence-electron chi connectivity index (χ1n) is 7.79. The number of carbonyl (C=O) groups is 1. The van der Waals surface area contributed by atoms with Crippen molar-refractivity contribution in [2.45, 2.75) is 13.8 Å². The molecule has 0 heterocycles. The average Bonchev–Trinajstić information content (AvgIpc) is 2.58. The SMILES string of the molecule is COCOc1ccc(/C(C(=O)O)=C(/c2ccccc2)C(C)C)cc1. The lowest BCUT2D eigenvalue weighted by Gasteiger charge is -2.17. The predicted octanol–water partition coefficient (Wildman–Crippen LogP) is 4.32. The van der Waals surface area contributed by atoms with E-state index in [1.165, 1.54) is 0 Å². The van der Waals surface area contributed by atoms with E-state index >= 15 is 0 Å². The Labute approximate surface area is 142 Å². The summed E-state index contributed by atoms with van der Waals surface area (Å²) in [6, 6.07) is 16.7. The maximum absolute atomic E-state index is 12.0. The quantitative estimate of drug-likeness (QED) is 0.468. The number of carboxylic acids is 1. The van der Waals surface area contributed by atoms with Crippen LogP contribution in [0.5, 0.6) is 5.75 Å². The van der Waals surface area contributed by atoms with Crippen LogP contribution in [0.25, 0.3) is 11.1 Å². The summed E-state index contributed by atoms with van der Waals surface area (Å²) in [6.07, 6.45) is 0. The number of allylic oxidation sites excluding steroid dienone is 1. The summed E-state index contributed by atoms with van der Waals surface area (Å²) in [5.41, 5.74) is 2.70. The Balaban J connectivity index is 2.52. The lowest BCUT2D eigenvalue weighted by molar-refractivity contribution is -0.130. The zero-order valence-electron chi connectivity index (χ0n) is 14.2. The number of hydrogen-bond donors (Lipinski definition) is 1. The number of ether oxygens (including phenoxy) is 2. The van der Waals surface area contributed by atoms with Gasteiger partial charge < -0.3 is 14.6 Å². The van der Waals surface area contributed by atoms with E-state index in [1.54, 1.807) is 31.4 Å². The van der Waals surface area contributed by atoms with Crippen LogP contribution in [-0.2, 0) is 9.53 Å². The van der Waals surface area contributed by atoms with Crippen molar-refractivity contribution in [2.75, 3.05) is 13.9 Å². The third-order valence-electron chi connectivity index (χ3n) is 3.63. The molecule has 126 valence electrons. The molecule has 0 amide bonds. The minimum Gasteiger partial charge on any atom is -0.478 e. The number of benzene rings is 2. The molecule has 0 radical (unpaired) electrons. The first-order valence-corrected chi connectivity index (χ1v) is 7.79. The maximum Gasteiger partial charge on any atom is 0.336 e. The molecule has 4 heteroatoms. The Morgan fingerprint density at radius 2 is 1.62 bits per heavy atom. The molecule has 0 saturated heterocycles. The molecule has 0 bridgehead atoms. The molecular weight excluding hydrogens is 304 g/mol. The number of methoxy groups -OCH3 is 1. The van der Waals surface area contributed by atoms with Crippen LogP contribution in [-0.4, -0.2) is 25.0 Å². The van der Waals surface area contributed by atoms with E-state index in [0.29, 0.717) is 16.9 Å². The molecule has 0 spiro atoms. The second kappa shape index (κ2) is 8.31. The van der Waals surface area contributed by atoms with Crippen LogP contribution >= 0.6 is 0 Å². The van der Waals surface area contributed by atoms with E-state index in [-0.39, 0.29) is 12.7 Å². The van der Waals surface area contributed by atoms with E-state index in [1.807, 2.05) is 44.2 Å². The van der Waals surface area contributed by atoms with Crippen LogP contribution in [0.2, 0.25) is 0 Å². The van der Waals surface area contributed by atoms with E-state index in [4.69, 9.17) is 9.47 Å². The van der Waals surface area contributed by atoms with Gasteiger partial charge in [-0.25, -0.2) is 4.79 Å². The summed E-state index contributed by atoms with van der Waals surface area (Å²) in [4.78, 5) is 12.0. The minimum absolute atomic E-state index is 0.0721. The second-order valence-electron chi connectivity index (χ2n) is 5.69. The fourth-order valence-corrected chi connectivity index (χ4v) is 2.62. The van der Waals surface area contributed by atoms with Crippen molar-refractivity contribution < 1.29 is 19.4 Å². The first kappa shape index (κ1) is 17.8. The topological polar surface area (TPSA) is 55.8 Å². The predicted molar refractivity (Wildman–Crippen MR) is 94.7 cm³/mol. The van der Waals surface area contributed by atoms with Crippen LogP contribution in [0.1, 0.15) is 25.0 Å². The Hall–Kier alpha value is -2.59. The Morgan fingerprint density at radius 3 is 2.12 bits per heavy atom. The minimum atomic E-state index is -0.937. The Bertz CT molecular complexity index is 700. The molecule has 4 nitrogen and oxygen atoms in total. The third kappa shape index (κ3) is 4.24. The summed E-state index contributed by atoms with van der Waals surface area (Å²) < 4.78 is 10.2. The second-order valence-corrected chi connectivity index (χ2v) is 5.69. The molecule has 0 aliphatic carbocycles. The number of aliphatic carboxylic acids is 1. The van der Waals surface area contributed by atoms with Crippen LogP contribution in [0.3, 0.4) is 0 Å². The zero-order valence-corrected chi connectivity index (χ0v) is 14.2. The van der Waals surface area contributed by atoms with Crippen molar-refractivity contribution >= 4 is 17.1 Å². The highest BCUT2D eigenvalue weighted by Crippen LogP contribution is 2.33. The highest BCUT2D eigenvalue weighted by atomic mass is 16.7. The van der Waals surface area contributed by atoms with E-state index in [0.717, 1.165) is 11.1 Å². The van der Waals surface area contributed by atoms with Gasteiger partial charge in [-0.15, -0.1) is 0 Å². The zero-order chi connectivity index (χ0) is 17.5. The first-order chi connectivity index (χ1) is 11.5. The molecule has 0 unspecified atom stereocenters. The van der Waals surface area contributed by atoms with Gasteiger partial charge in [0.25, 0.3) is 0 Å². The fourth-order valence-electron chi connectivity index (χ4n) is 2.62. The summed E-state index contributed by atoms with van der Waals surface area (Å²) in [5, 5.41) is 9.81. The largest absolute Gasteiger partial charge is 0.478 e. The Morgan fingerprint density at radius 1 is 1.00 bits per heavy atom. The summed E-state index contributed by atoms with van der Waals surface area (Å²) >= 11 is 0. The normalized spacial score (nSPS) is 12.0. The van der Waals surface area contributed by atoms with Gasteiger partial charge in [-0.2, -0.15) is 0 Å². The van der Waals surface area contributed by atoms with Gasteiger partial charge in [-0.1, -0.05) is 56.3 Å². The highest BCUT2D eigenvalue weighted by molar-refractivity contribution is 6.24. The van der Waals surface area contributed by atoms with Crippen molar-refractivity contribution in [1.82, 2.24) is 0 Å². The standard InChI is InChI=1S/C20H22O4/c1-14(2)18(15-7-5-4-6-8-15)19(20(21)22)16-9-11-17(12-10-16)24-13-23-3/h4-12,14H,13H2,1-3H3,(H,21,22)/b19-18-. The van der Waals surface area contributed by atoms with Crippen LogP contribution < -0.4 is 4.74 Å². The number of carboxylic acid groups (broad SMARTS) is 1. The molecule has 2 rings (SSSR count). The maximum atomic E-state index is 12.0. The van der Waals surface area contributed by atoms with Gasteiger partial charge in [-0.05, 0) is 34.8 Å². The molecule has 2 aromatic rings. The van der Waals surface area contributed by atoms with Gasteiger partial charge in [0.15, 0.2) is 6.79 Å². The van der Waals surface area contributed by atoms with Crippen LogP contribution in [0.4, 0.5) is 0 Å². The molecule has 0 fully saturated rings. The molecule has 0 saturated carbocycles. The molecule has 0 aliphatic heterocycles. The van der Waals surface area contributed by atoms with Crippen molar-refractivity contribution in [1.29, 1.82) is 0 Å². The van der Waals surface area contributed by atoms with E-state index < -0.39 is 5.97 Å². The monoisotopic (exact) mass is 326 g/mol. The molecule has 0 aliphatic rings. The van der Waals surface area contributed by atoms with E-state index in [2.05, 4.69) is 0 Å². The van der Waals surface area contributed by atoms with Crippen molar-refractivity contribution in [3.05, 3.63) is 65.7 Å². The van der Waals surface area contributed by atoms with Gasteiger partial charge >= 0.3 is 5.97 Å². The molecular formula is C20H22O4. The smallest absolute Gasteiger partial charge is 0.336 e. The molecule has 1 N–H and O–H groups in total. The van der Waals surface area contributed by atoms with E-state index in [9.17, 15) is 9.90 Å². The van der Waals surface area contributed by atoms with Gasteiger partial charge in [0, 0.05) is 7.11 Å². The average molecular weight is 326 g/mol. The van der Waals surface area contributed by atoms with Gasteiger partial charge in [0.05, 0.1) is 5.57 Å². The van der Waals surface area contributed by atoms with Gasteiger partial charge in [0.2, 0.25) is 0 Å². The number of rotatable bonds is 7. The lowest BCUT2D eigenvalue weighted by Crippen LogP contribution is -2.07. The summed E-state index contributed by atoms with van der Waals surface area (Å²) in [7, 11) is 1.55. The number of hydrogen-bond acceptors (Lipinski definition) is 3. The van der Waals surface area contributed by atoms with Crippen molar-refractivity contribution in [3.63, 3.8) is 0 Å². The molecule has 24 heavy (non-hydrogen) atoms. The molecule has 2 aromatic carbocycles. The molecule has 0 aromatic heterocycles. The fraction of sp³-hybridized carbons (Fsp3) is 0.250. The Kier molecular flexibility index (Phi) is 6.15. The van der Waals surface area contributed by atoms with Crippen LogP contribution in [0.15, 0.2) is 54.6 Å². The summed E-state index contributed by atoms with van der Waals surface area (Å²) in [5.74, 6) is -0.229. The van der Waals surface area contributed by atoms with Crippen molar-refractivity contribution in [2.24, 2.45) is 5.92 Å². The summed E-state index contributed by atoms with van der Waals surface area (Å²) in [6.45, 7) is 4.16.